The van der Waals surface area contributed by atoms with Gasteiger partial charge < -0.3 is 10.1 Å². The highest BCUT2D eigenvalue weighted by Gasteiger charge is 2.34. The normalized spacial score (nSPS) is 29.6. The van der Waals surface area contributed by atoms with Crippen molar-refractivity contribution >= 4 is 10.2 Å². The van der Waals surface area contributed by atoms with Crippen molar-refractivity contribution in [2.24, 2.45) is 5.92 Å². The van der Waals surface area contributed by atoms with Gasteiger partial charge in [0.2, 0.25) is 0 Å². The number of piperidine rings is 1. The molecule has 2 N–H and O–H groups in total. The first-order valence-electron chi connectivity index (χ1n) is 8.12. The molecule has 0 saturated carbocycles. The van der Waals surface area contributed by atoms with Crippen molar-refractivity contribution in [1.82, 2.24) is 14.3 Å². The lowest BCUT2D eigenvalue weighted by atomic mass is 10.0. The van der Waals surface area contributed by atoms with Crippen LogP contribution in [0.5, 0.6) is 0 Å². The summed E-state index contributed by atoms with van der Waals surface area (Å²) in [5.74, 6) is 0.289. The Morgan fingerprint density at radius 3 is 2.81 bits per heavy atom. The monoisotopic (exact) mass is 319 g/mol. The molecular weight excluding hydrogens is 290 g/mol. The van der Waals surface area contributed by atoms with Crippen molar-refractivity contribution in [3.8, 4) is 0 Å². The summed E-state index contributed by atoms with van der Waals surface area (Å²) in [6, 6.07) is 0.00226. The molecule has 2 rings (SSSR count). The Bertz CT molecular complexity index is 410. The van der Waals surface area contributed by atoms with Crippen molar-refractivity contribution in [2.75, 3.05) is 32.8 Å². The molecule has 0 spiro atoms. The summed E-state index contributed by atoms with van der Waals surface area (Å²) in [7, 11) is -3.41. The van der Waals surface area contributed by atoms with Crippen LogP contribution in [0, 0.1) is 5.92 Å². The molecule has 0 aromatic heterocycles. The van der Waals surface area contributed by atoms with E-state index in [1.165, 1.54) is 0 Å². The van der Waals surface area contributed by atoms with Gasteiger partial charge in [0, 0.05) is 37.7 Å². The lowest BCUT2D eigenvalue weighted by Gasteiger charge is -2.36. The second kappa shape index (κ2) is 7.87. The fourth-order valence-corrected chi connectivity index (χ4v) is 4.89. The molecule has 21 heavy (non-hydrogen) atoms. The quantitative estimate of drug-likeness (QED) is 0.725. The predicted molar refractivity (Wildman–Crippen MR) is 83.3 cm³/mol. The van der Waals surface area contributed by atoms with Crippen LogP contribution in [-0.4, -0.2) is 57.7 Å². The maximum Gasteiger partial charge on any atom is 0.279 e. The highest BCUT2D eigenvalue weighted by molar-refractivity contribution is 7.87. The van der Waals surface area contributed by atoms with Crippen molar-refractivity contribution in [2.45, 2.75) is 51.6 Å². The molecular formula is C14H29N3O3S. The number of likely N-dealkylation sites (N-methyl/N-ethyl adjacent to an activating group) is 1. The van der Waals surface area contributed by atoms with Gasteiger partial charge in [-0.05, 0) is 32.7 Å². The molecule has 0 bridgehead atoms. The maximum absolute atomic E-state index is 12.7. The minimum Gasteiger partial charge on any atom is -0.381 e. The molecule has 0 aliphatic carbocycles. The zero-order valence-corrected chi connectivity index (χ0v) is 14.0. The average molecular weight is 319 g/mol. The van der Waals surface area contributed by atoms with E-state index in [0.717, 1.165) is 45.4 Å². The first-order chi connectivity index (χ1) is 10.0. The number of nitrogens with one attached hydrogen (secondary N) is 2. The predicted octanol–water partition coefficient (Wildman–Crippen LogP) is 0.710. The zero-order valence-electron chi connectivity index (χ0n) is 13.2. The van der Waals surface area contributed by atoms with Crippen LogP contribution in [0.15, 0.2) is 0 Å². The standard InChI is InChI=1S/C14H29N3O3S/c1-3-15-10-14-6-4-5-8-17(14)21(18,19)16-12(2)13-7-9-20-11-13/h12-16H,3-11H2,1-2H3. The van der Waals surface area contributed by atoms with Gasteiger partial charge in [-0.2, -0.15) is 17.4 Å². The summed E-state index contributed by atoms with van der Waals surface area (Å²) in [5, 5.41) is 3.27. The van der Waals surface area contributed by atoms with E-state index in [2.05, 4.69) is 10.0 Å². The molecule has 0 amide bonds. The van der Waals surface area contributed by atoms with E-state index >= 15 is 0 Å². The van der Waals surface area contributed by atoms with Gasteiger partial charge in [-0.15, -0.1) is 0 Å². The average Bonchev–Trinajstić information content (AvgIpc) is 2.99. The third-order valence-corrected chi connectivity index (χ3v) is 6.29. The molecule has 2 heterocycles. The smallest absolute Gasteiger partial charge is 0.279 e. The van der Waals surface area contributed by atoms with E-state index in [4.69, 9.17) is 4.74 Å². The van der Waals surface area contributed by atoms with Gasteiger partial charge in [-0.3, -0.25) is 0 Å². The Morgan fingerprint density at radius 2 is 2.14 bits per heavy atom. The van der Waals surface area contributed by atoms with Gasteiger partial charge in [-0.1, -0.05) is 13.3 Å². The molecule has 0 radical (unpaired) electrons. The minimum atomic E-state index is -3.41. The molecule has 2 saturated heterocycles. The Morgan fingerprint density at radius 1 is 1.33 bits per heavy atom. The van der Waals surface area contributed by atoms with Crippen LogP contribution >= 0.6 is 0 Å². The van der Waals surface area contributed by atoms with Gasteiger partial charge in [0.25, 0.3) is 10.2 Å². The number of hydrogen-bond acceptors (Lipinski definition) is 4. The van der Waals surface area contributed by atoms with E-state index in [1.807, 2.05) is 13.8 Å². The van der Waals surface area contributed by atoms with Crippen molar-refractivity contribution in [3.05, 3.63) is 0 Å². The van der Waals surface area contributed by atoms with Crippen LogP contribution in [0.4, 0.5) is 0 Å². The van der Waals surface area contributed by atoms with Gasteiger partial charge in [0.1, 0.15) is 0 Å². The number of nitrogens with zero attached hydrogens (tertiary/aromatic N) is 1. The van der Waals surface area contributed by atoms with Crippen LogP contribution in [0.1, 0.15) is 39.5 Å². The molecule has 2 aliphatic heterocycles. The van der Waals surface area contributed by atoms with Gasteiger partial charge in [0.15, 0.2) is 0 Å². The van der Waals surface area contributed by atoms with Crippen LogP contribution in [0.2, 0.25) is 0 Å². The van der Waals surface area contributed by atoms with Crippen molar-refractivity contribution in [1.29, 1.82) is 0 Å². The molecule has 3 unspecified atom stereocenters. The number of hydrogen-bond donors (Lipinski definition) is 2. The minimum absolute atomic E-state index is 0.0702. The molecule has 2 fully saturated rings. The topological polar surface area (TPSA) is 70.7 Å². The van der Waals surface area contributed by atoms with Crippen LogP contribution in [-0.2, 0) is 14.9 Å². The van der Waals surface area contributed by atoms with Crippen molar-refractivity contribution < 1.29 is 13.2 Å². The summed E-state index contributed by atoms with van der Waals surface area (Å²) in [4.78, 5) is 0. The number of rotatable bonds is 7. The molecule has 6 nitrogen and oxygen atoms in total. The van der Waals surface area contributed by atoms with E-state index in [9.17, 15) is 8.42 Å². The zero-order chi connectivity index (χ0) is 15.3. The summed E-state index contributed by atoms with van der Waals surface area (Å²) in [6.45, 7) is 7.61. The molecule has 124 valence electrons. The van der Waals surface area contributed by atoms with Crippen LogP contribution < -0.4 is 10.0 Å². The van der Waals surface area contributed by atoms with E-state index in [0.29, 0.717) is 13.2 Å². The molecule has 2 aliphatic rings. The van der Waals surface area contributed by atoms with E-state index < -0.39 is 10.2 Å². The van der Waals surface area contributed by atoms with Crippen LogP contribution in [0.3, 0.4) is 0 Å². The molecule has 7 heteroatoms. The fourth-order valence-electron chi connectivity index (χ4n) is 3.15. The van der Waals surface area contributed by atoms with Crippen molar-refractivity contribution in [3.63, 3.8) is 0 Å². The van der Waals surface area contributed by atoms with Gasteiger partial charge in [0.05, 0.1) is 6.61 Å². The molecule has 3 atom stereocenters. The number of ether oxygens (including phenoxy) is 1. The Hall–Kier alpha value is -0.210. The SMILES string of the molecule is CCNCC1CCCCN1S(=O)(=O)NC(C)C1CCOC1. The molecule has 0 aromatic rings. The third-order valence-electron chi connectivity index (χ3n) is 4.52. The second-order valence-corrected chi connectivity index (χ2v) is 7.76. The van der Waals surface area contributed by atoms with Crippen LogP contribution in [0.25, 0.3) is 0 Å². The lowest BCUT2D eigenvalue weighted by Crippen LogP contribution is -2.54. The largest absolute Gasteiger partial charge is 0.381 e. The van der Waals surface area contributed by atoms with E-state index in [-0.39, 0.29) is 18.0 Å². The van der Waals surface area contributed by atoms with Gasteiger partial charge >= 0.3 is 0 Å². The second-order valence-electron chi connectivity index (χ2n) is 6.10. The Labute approximate surface area is 128 Å². The third kappa shape index (κ3) is 4.63. The fraction of sp³-hybridized carbons (Fsp3) is 1.00. The summed E-state index contributed by atoms with van der Waals surface area (Å²) < 4.78 is 35.2. The Balaban J connectivity index is 1.97. The summed E-state index contributed by atoms with van der Waals surface area (Å²) in [6.07, 6.45) is 3.93. The highest BCUT2D eigenvalue weighted by atomic mass is 32.2. The summed E-state index contributed by atoms with van der Waals surface area (Å²) >= 11 is 0. The lowest BCUT2D eigenvalue weighted by molar-refractivity contribution is 0.180. The Kier molecular flexibility index (Phi) is 6.43. The highest BCUT2D eigenvalue weighted by Crippen LogP contribution is 2.22. The molecule has 0 aromatic carbocycles. The van der Waals surface area contributed by atoms with Gasteiger partial charge in [-0.25, -0.2) is 0 Å². The first-order valence-corrected chi connectivity index (χ1v) is 9.56. The van der Waals surface area contributed by atoms with E-state index in [1.54, 1.807) is 4.31 Å². The summed E-state index contributed by atoms with van der Waals surface area (Å²) in [5.41, 5.74) is 0. The first kappa shape index (κ1) is 17.1. The maximum atomic E-state index is 12.7.